The number of carboxylic acids is 1. The van der Waals surface area contributed by atoms with E-state index in [1.165, 1.54) is 48.2 Å². The molecule has 36 heavy (non-hydrogen) atoms. The third-order valence-corrected chi connectivity index (χ3v) is 7.10. The first-order valence-corrected chi connectivity index (χ1v) is 12.2. The number of halogens is 7. The van der Waals surface area contributed by atoms with E-state index in [9.17, 15) is 31.1 Å². The normalized spacial score (nSPS) is 11.8. The van der Waals surface area contributed by atoms with Crippen molar-refractivity contribution in [1.82, 2.24) is 0 Å². The number of aliphatic carboxylic acids is 1. The number of ether oxygens (including phenoxy) is 1. The Morgan fingerprint density at radius 1 is 0.889 bits per heavy atom. The van der Waals surface area contributed by atoms with E-state index < -0.39 is 36.1 Å². The maximum atomic E-state index is 13.7. The van der Waals surface area contributed by atoms with Gasteiger partial charge in [-0.3, -0.25) is 0 Å². The van der Waals surface area contributed by atoms with E-state index in [1.54, 1.807) is 12.1 Å². The van der Waals surface area contributed by atoms with Crippen LogP contribution in [-0.2, 0) is 17.1 Å². The molecule has 190 valence electrons. The number of benzene rings is 3. The number of carboxylic acid groups (broad SMARTS) is 1. The predicted molar refractivity (Wildman–Crippen MR) is 133 cm³/mol. The quantitative estimate of drug-likeness (QED) is 0.154. The highest BCUT2D eigenvalue weighted by atomic mass is 127. The Morgan fingerprint density at radius 2 is 1.42 bits per heavy atom. The standard InChI is InChI=1S/C25H17F6IO3S/c26-24(27,28)19-7-3-1-5-17(19)16(18-6-2-4-8-20(18)25(29,30)31)11-12-36-22-10-9-15(13-21(22)32)35-14-23(33)34/h1-11,13H,12,14H2,(H,33,34). The monoisotopic (exact) mass is 638 g/mol. The molecular weight excluding hydrogens is 621 g/mol. The molecule has 0 amide bonds. The van der Waals surface area contributed by atoms with Crippen LogP contribution in [0.2, 0.25) is 0 Å². The summed E-state index contributed by atoms with van der Waals surface area (Å²) in [4.78, 5) is 11.4. The maximum absolute atomic E-state index is 13.7. The molecule has 0 aromatic heterocycles. The summed E-state index contributed by atoms with van der Waals surface area (Å²) in [5.41, 5.74) is -2.95. The van der Waals surface area contributed by atoms with E-state index in [0.717, 1.165) is 24.3 Å². The van der Waals surface area contributed by atoms with Crippen LogP contribution in [0.4, 0.5) is 26.3 Å². The second kappa shape index (κ2) is 11.6. The summed E-state index contributed by atoms with van der Waals surface area (Å²) in [7, 11) is 0. The van der Waals surface area contributed by atoms with Crippen molar-refractivity contribution in [2.45, 2.75) is 17.2 Å². The largest absolute Gasteiger partial charge is 0.482 e. The van der Waals surface area contributed by atoms with Gasteiger partial charge in [-0.2, -0.15) is 26.3 Å². The van der Waals surface area contributed by atoms with E-state index in [1.807, 2.05) is 22.6 Å². The third-order valence-electron chi connectivity index (χ3n) is 4.84. The molecule has 0 saturated carbocycles. The molecule has 0 aliphatic heterocycles. The highest BCUT2D eigenvalue weighted by Crippen LogP contribution is 2.41. The highest BCUT2D eigenvalue weighted by Gasteiger charge is 2.37. The van der Waals surface area contributed by atoms with Crippen LogP contribution in [0.3, 0.4) is 0 Å². The second-order valence-electron chi connectivity index (χ2n) is 7.29. The van der Waals surface area contributed by atoms with Gasteiger partial charge in [-0.05, 0) is 69.6 Å². The molecule has 0 aliphatic rings. The van der Waals surface area contributed by atoms with Crippen molar-refractivity contribution in [3.05, 3.63) is 98.6 Å². The number of hydrogen-bond acceptors (Lipinski definition) is 3. The van der Waals surface area contributed by atoms with Crippen LogP contribution >= 0.6 is 34.4 Å². The van der Waals surface area contributed by atoms with Crippen molar-refractivity contribution in [3.63, 3.8) is 0 Å². The van der Waals surface area contributed by atoms with Crippen LogP contribution in [0, 0.1) is 3.57 Å². The molecule has 3 rings (SSSR count). The Hall–Kier alpha value is -2.67. The lowest BCUT2D eigenvalue weighted by molar-refractivity contribution is -0.139. The number of hydrogen-bond donors (Lipinski definition) is 1. The van der Waals surface area contributed by atoms with Crippen molar-refractivity contribution in [2.24, 2.45) is 0 Å². The van der Waals surface area contributed by atoms with E-state index in [2.05, 4.69) is 0 Å². The molecule has 3 nitrogen and oxygen atoms in total. The average Bonchev–Trinajstić information content (AvgIpc) is 2.80. The highest BCUT2D eigenvalue weighted by molar-refractivity contribution is 14.1. The number of thioether (sulfide) groups is 1. The van der Waals surface area contributed by atoms with Gasteiger partial charge in [0.2, 0.25) is 0 Å². The first-order valence-electron chi connectivity index (χ1n) is 10.2. The van der Waals surface area contributed by atoms with Crippen LogP contribution < -0.4 is 4.74 Å². The van der Waals surface area contributed by atoms with Crippen molar-refractivity contribution in [2.75, 3.05) is 12.4 Å². The minimum absolute atomic E-state index is 0.0685. The number of rotatable bonds is 8. The zero-order valence-corrected chi connectivity index (χ0v) is 21.1. The molecule has 0 bridgehead atoms. The molecule has 0 heterocycles. The van der Waals surface area contributed by atoms with Gasteiger partial charge in [-0.25, -0.2) is 4.79 Å². The van der Waals surface area contributed by atoms with Crippen LogP contribution in [0.1, 0.15) is 22.3 Å². The fourth-order valence-corrected chi connectivity index (χ4v) is 5.09. The van der Waals surface area contributed by atoms with Gasteiger partial charge in [-0.1, -0.05) is 42.5 Å². The van der Waals surface area contributed by atoms with Gasteiger partial charge in [0.25, 0.3) is 0 Å². The fraction of sp³-hybridized carbons (Fsp3) is 0.160. The molecule has 3 aromatic carbocycles. The minimum atomic E-state index is -4.77. The molecule has 0 atom stereocenters. The first kappa shape index (κ1) is 27.9. The van der Waals surface area contributed by atoms with Gasteiger partial charge in [-0.15, -0.1) is 11.8 Å². The summed E-state index contributed by atoms with van der Waals surface area (Å²) >= 11 is 3.19. The maximum Gasteiger partial charge on any atom is 0.417 e. The number of carbonyl (C=O) groups is 1. The lowest BCUT2D eigenvalue weighted by Crippen LogP contribution is -2.12. The van der Waals surface area contributed by atoms with Crippen molar-refractivity contribution < 1.29 is 41.0 Å². The summed E-state index contributed by atoms with van der Waals surface area (Å²) < 4.78 is 88.3. The topological polar surface area (TPSA) is 46.5 Å². The van der Waals surface area contributed by atoms with Gasteiger partial charge in [0, 0.05) is 14.2 Å². The van der Waals surface area contributed by atoms with Gasteiger partial charge in [0.15, 0.2) is 6.61 Å². The summed E-state index contributed by atoms with van der Waals surface area (Å²) in [6.07, 6.45) is -8.18. The third kappa shape index (κ3) is 7.19. The van der Waals surface area contributed by atoms with E-state index >= 15 is 0 Å². The predicted octanol–water partition coefficient (Wildman–Crippen LogP) is 8.02. The Kier molecular flexibility index (Phi) is 8.98. The smallest absolute Gasteiger partial charge is 0.417 e. The summed E-state index contributed by atoms with van der Waals surface area (Å²) in [5.74, 6) is -0.751. The lowest BCUT2D eigenvalue weighted by Gasteiger charge is -2.19. The molecule has 0 aliphatic carbocycles. The van der Waals surface area contributed by atoms with E-state index in [-0.39, 0.29) is 22.5 Å². The summed E-state index contributed by atoms with van der Waals surface area (Å²) in [6.45, 7) is -0.522. The average molecular weight is 638 g/mol. The molecular formula is C25H17F6IO3S. The van der Waals surface area contributed by atoms with E-state index in [4.69, 9.17) is 9.84 Å². The minimum Gasteiger partial charge on any atom is -0.482 e. The van der Waals surface area contributed by atoms with Gasteiger partial charge in [0.05, 0.1) is 11.1 Å². The van der Waals surface area contributed by atoms with E-state index in [0.29, 0.717) is 14.2 Å². The Labute approximate surface area is 220 Å². The second-order valence-corrected chi connectivity index (χ2v) is 9.51. The fourth-order valence-electron chi connectivity index (χ4n) is 3.34. The zero-order valence-electron chi connectivity index (χ0n) is 18.2. The van der Waals surface area contributed by atoms with Gasteiger partial charge >= 0.3 is 18.3 Å². The zero-order chi connectivity index (χ0) is 26.5. The van der Waals surface area contributed by atoms with Crippen LogP contribution in [0.5, 0.6) is 5.75 Å². The molecule has 1 N–H and O–H groups in total. The molecule has 0 radical (unpaired) electrons. The Morgan fingerprint density at radius 3 is 1.89 bits per heavy atom. The van der Waals surface area contributed by atoms with Gasteiger partial charge < -0.3 is 9.84 Å². The van der Waals surface area contributed by atoms with Crippen LogP contribution in [0.15, 0.2) is 77.7 Å². The summed E-state index contributed by atoms with van der Waals surface area (Å²) in [5, 5.41) is 8.72. The summed E-state index contributed by atoms with van der Waals surface area (Å²) in [6, 6.07) is 13.8. The molecule has 11 heteroatoms. The SMILES string of the molecule is O=C(O)COc1ccc(SCC=C(c2ccccc2C(F)(F)F)c2ccccc2C(F)(F)F)c(I)c1. The number of alkyl halides is 6. The van der Waals surface area contributed by atoms with Crippen molar-refractivity contribution in [3.8, 4) is 5.75 Å². The Bertz CT molecular complexity index is 1210. The first-order chi connectivity index (χ1) is 16.9. The molecule has 0 saturated heterocycles. The molecule has 0 fully saturated rings. The van der Waals surface area contributed by atoms with Crippen molar-refractivity contribution >= 4 is 45.9 Å². The van der Waals surface area contributed by atoms with Crippen LogP contribution in [0.25, 0.3) is 5.57 Å². The van der Waals surface area contributed by atoms with Crippen molar-refractivity contribution in [1.29, 1.82) is 0 Å². The lowest BCUT2D eigenvalue weighted by atomic mass is 9.90. The molecule has 0 spiro atoms. The van der Waals surface area contributed by atoms with Crippen LogP contribution in [-0.4, -0.2) is 23.4 Å². The Balaban J connectivity index is 2.01. The molecule has 3 aromatic rings. The molecule has 0 unspecified atom stereocenters. The van der Waals surface area contributed by atoms with Gasteiger partial charge in [0.1, 0.15) is 5.75 Å².